The molecule has 1 saturated carbocycles. The molecule has 2 aromatic heterocycles. The number of hydrogen-bond donors (Lipinski definition) is 3. The first-order valence-corrected chi connectivity index (χ1v) is 10.8. The van der Waals surface area contributed by atoms with E-state index in [1.54, 1.807) is 48.8 Å². The minimum absolute atomic E-state index is 0.0904. The van der Waals surface area contributed by atoms with Gasteiger partial charge in [-0.1, -0.05) is 6.07 Å². The van der Waals surface area contributed by atoms with Crippen LogP contribution in [0.1, 0.15) is 19.8 Å². The Labute approximate surface area is 199 Å². The quantitative estimate of drug-likeness (QED) is 0.429. The first-order chi connectivity index (χ1) is 16.7. The summed E-state index contributed by atoms with van der Waals surface area (Å²) < 4.78 is 28.7. The molecular weight excluding hydrogens is 458 g/mol. The summed E-state index contributed by atoms with van der Waals surface area (Å²) in [5.41, 5.74) is -0.0455. The molecule has 1 amide bonds. The summed E-state index contributed by atoms with van der Waals surface area (Å²) in [7, 11) is 1.52. The fraction of sp³-hybridized carbons (Fsp3) is 0.261. The highest BCUT2D eigenvalue weighted by molar-refractivity contribution is 5.99. The lowest BCUT2D eigenvalue weighted by molar-refractivity contribution is -0.133. The van der Waals surface area contributed by atoms with Crippen LogP contribution in [-0.4, -0.2) is 52.0 Å². The molecule has 12 heteroatoms. The zero-order valence-corrected chi connectivity index (χ0v) is 19.1. The van der Waals surface area contributed by atoms with Crippen molar-refractivity contribution in [1.29, 1.82) is 0 Å². The van der Waals surface area contributed by atoms with Gasteiger partial charge in [-0.15, -0.1) is 0 Å². The number of nitrogens with zero attached hydrogens (tertiary/aromatic N) is 5. The molecule has 0 saturated heterocycles. The second-order valence-corrected chi connectivity index (χ2v) is 7.93. The SMILES string of the molecule is C=NN1C(=NC)C=C(Nc2cccn(-c3ccccn3)c2=O)N/C1=C(/C)C(=O)N[C@H]1CCC1(F)F. The fourth-order valence-corrected chi connectivity index (χ4v) is 3.61. The van der Waals surface area contributed by atoms with Crippen molar-refractivity contribution in [2.45, 2.75) is 31.7 Å². The number of nitrogens with one attached hydrogen (secondary N) is 3. The van der Waals surface area contributed by atoms with Crippen LogP contribution in [0.3, 0.4) is 0 Å². The number of carbonyl (C=O) groups is 1. The van der Waals surface area contributed by atoms with Crippen LogP contribution in [0.5, 0.6) is 0 Å². The van der Waals surface area contributed by atoms with Crippen LogP contribution >= 0.6 is 0 Å². The molecule has 1 aliphatic carbocycles. The van der Waals surface area contributed by atoms with E-state index in [4.69, 9.17) is 0 Å². The summed E-state index contributed by atoms with van der Waals surface area (Å²) in [5, 5.41) is 13.5. The molecule has 2 aliphatic rings. The number of hydrazone groups is 1. The number of halogens is 2. The Hall–Kier alpha value is -4.35. The first-order valence-electron chi connectivity index (χ1n) is 10.8. The number of amides is 1. The largest absolute Gasteiger partial charge is 0.343 e. The van der Waals surface area contributed by atoms with E-state index in [2.05, 4.69) is 37.7 Å². The summed E-state index contributed by atoms with van der Waals surface area (Å²) in [4.78, 5) is 34.1. The maximum atomic E-state index is 13.7. The van der Waals surface area contributed by atoms with Crippen molar-refractivity contribution >= 4 is 24.1 Å². The summed E-state index contributed by atoms with van der Waals surface area (Å²) in [6, 6.07) is 7.27. The van der Waals surface area contributed by atoms with Crippen molar-refractivity contribution in [3.63, 3.8) is 0 Å². The van der Waals surface area contributed by atoms with E-state index in [1.165, 1.54) is 23.5 Å². The Balaban J connectivity index is 1.64. The number of aliphatic imine (C=N–C) groups is 1. The molecular formula is C23H24F2N8O2. The Morgan fingerprint density at radius 2 is 2.11 bits per heavy atom. The second-order valence-electron chi connectivity index (χ2n) is 7.93. The molecule has 3 heterocycles. The van der Waals surface area contributed by atoms with Crippen molar-refractivity contribution in [2.24, 2.45) is 10.1 Å². The predicted octanol–water partition coefficient (Wildman–Crippen LogP) is 2.18. The normalized spacial score (nSPS) is 21.4. The number of aromatic nitrogens is 2. The minimum Gasteiger partial charge on any atom is -0.343 e. The summed E-state index contributed by atoms with van der Waals surface area (Å²) in [6.07, 6.45) is 4.68. The van der Waals surface area contributed by atoms with E-state index < -0.39 is 17.9 Å². The molecule has 1 fully saturated rings. The Bertz CT molecular complexity index is 1300. The molecule has 0 spiro atoms. The maximum absolute atomic E-state index is 13.7. The number of anilines is 1. The summed E-state index contributed by atoms with van der Waals surface area (Å²) in [6.45, 7) is 4.99. The molecule has 182 valence electrons. The molecule has 0 radical (unpaired) electrons. The third-order valence-corrected chi connectivity index (χ3v) is 5.72. The standard InChI is InChI=1S/C23H24F2N8O2/c1-14(21(34)30-16-9-10-23(16,24)25)20-31-17(13-19(26-2)33(20)27-3)29-15-7-6-12-32(22(15)35)18-8-4-5-11-28-18/h4-8,11-13,16,29,31H,3,9-10H2,1-2H3,(H,30,34)/b20-14+,26-19?/t16-/m0/s1. The highest BCUT2D eigenvalue weighted by Gasteiger charge is 2.49. The van der Waals surface area contributed by atoms with Crippen molar-refractivity contribution in [2.75, 3.05) is 12.4 Å². The highest BCUT2D eigenvalue weighted by Crippen LogP contribution is 2.37. The highest BCUT2D eigenvalue weighted by atomic mass is 19.3. The topological polar surface area (TPSA) is 116 Å². The number of pyridine rings is 2. The molecule has 1 atom stereocenters. The van der Waals surface area contributed by atoms with E-state index in [-0.39, 0.29) is 35.5 Å². The summed E-state index contributed by atoms with van der Waals surface area (Å²) in [5.74, 6) is -2.38. The molecule has 4 rings (SSSR count). The second kappa shape index (κ2) is 9.49. The van der Waals surface area contributed by atoms with Gasteiger partial charge in [-0.2, -0.15) is 10.1 Å². The van der Waals surface area contributed by atoms with Crippen molar-refractivity contribution < 1.29 is 13.6 Å². The van der Waals surface area contributed by atoms with Gasteiger partial charge in [-0.3, -0.25) is 19.1 Å². The monoisotopic (exact) mass is 482 g/mol. The van der Waals surface area contributed by atoms with Crippen molar-refractivity contribution in [3.05, 3.63) is 76.4 Å². The van der Waals surface area contributed by atoms with Gasteiger partial charge in [0.1, 0.15) is 23.1 Å². The van der Waals surface area contributed by atoms with E-state index in [9.17, 15) is 18.4 Å². The number of carbonyl (C=O) groups excluding carboxylic acids is 1. The van der Waals surface area contributed by atoms with Gasteiger partial charge in [0.05, 0.1) is 11.6 Å². The van der Waals surface area contributed by atoms with Gasteiger partial charge in [0.25, 0.3) is 17.4 Å². The third-order valence-electron chi connectivity index (χ3n) is 5.72. The van der Waals surface area contributed by atoms with Crippen LogP contribution in [-0.2, 0) is 4.79 Å². The number of amidine groups is 1. The lowest BCUT2D eigenvalue weighted by Crippen LogP contribution is -2.55. The average molecular weight is 482 g/mol. The zero-order valence-electron chi connectivity index (χ0n) is 19.1. The van der Waals surface area contributed by atoms with Gasteiger partial charge in [-0.05, 0) is 37.6 Å². The van der Waals surface area contributed by atoms with E-state index in [0.717, 1.165) is 0 Å². The van der Waals surface area contributed by atoms with E-state index in [1.807, 2.05) is 0 Å². The predicted molar refractivity (Wildman–Crippen MR) is 128 cm³/mol. The molecule has 3 N–H and O–H groups in total. The smallest absolute Gasteiger partial charge is 0.279 e. The minimum atomic E-state index is -2.93. The van der Waals surface area contributed by atoms with Crippen LogP contribution in [0.4, 0.5) is 14.5 Å². The Morgan fingerprint density at radius 1 is 1.31 bits per heavy atom. The fourth-order valence-electron chi connectivity index (χ4n) is 3.61. The average Bonchev–Trinajstić information content (AvgIpc) is 2.87. The summed E-state index contributed by atoms with van der Waals surface area (Å²) >= 11 is 0. The van der Waals surface area contributed by atoms with Crippen LogP contribution < -0.4 is 21.5 Å². The van der Waals surface area contributed by atoms with Gasteiger partial charge < -0.3 is 16.0 Å². The lowest BCUT2D eigenvalue weighted by Gasteiger charge is -2.37. The van der Waals surface area contributed by atoms with E-state index in [0.29, 0.717) is 17.5 Å². The number of alkyl halides is 2. The maximum Gasteiger partial charge on any atom is 0.279 e. The van der Waals surface area contributed by atoms with Gasteiger partial charge in [0.15, 0.2) is 5.84 Å². The Morgan fingerprint density at radius 3 is 2.71 bits per heavy atom. The zero-order chi connectivity index (χ0) is 25.2. The van der Waals surface area contributed by atoms with Crippen LogP contribution in [0.15, 0.2) is 80.9 Å². The van der Waals surface area contributed by atoms with Crippen LogP contribution in [0, 0.1) is 0 Å². The van der Waals surface area contributed by atoms with E-state index >= 15 is 0 Å². The van der Waals surface area contributed by atoms with Crippen LogP contribution in [0.2, 0.25) is 0 Å². The van der Waals surface area contributed by atoms with Crippen molar-refractivity contribution in [3.8, 4) is 5.82 Å². The van der Waals surface area contributed by atoms with Crippen molar-refractivity contribution in [1.82, 2.24) is 25.2 Å². The van der Waals surface area contributed by atoms with Gasteiger partial charge >= 0.3 is 0 Å². The number of rotatable bonds is 6. The lowest BCUT2D eigenvalue weighted by atomic mass is 9.87. The van der Waals surface area contributed by atoms with Gasteiger partial charge in [0.2, 0.25) is 0 Å². The van der Waals surface area contributed by atoms with Gasteiger partial charge in [0, 0.05) is 38.7 Å². The molecule has 0 aromatic carbocycles. The molecule has 35 heavy (non-hydrogen) atoms. The Kier molecular flexibility index (Phi) is 6.45. The van der Waals surface area contributed by atoms with Crippen LogP contribution in [0.25, 0.3) is 5.82 Å². The number of hydrogen-bond acceptors (Lipinski definition) is 7. The third kappa shape index (κ3) is 4.67. The molecule has 0 unspecified atom stereocenters. The molecule has 0 bridgehead atoms. The molecule has 2 aromatic rings. The molecule has 10 nitrogen and oxygen atoms in total. The van der Waals surface area contributed by atoms with Gasteiger partial charge in [-0.25, -0.2) is 13.8 Å². The first kappa shape index (κ1) is 23.8. The molecule has 1 aliphatic heterocycles.